The van der Waals surface area contributed by atoms with Crippen molar-refractivity contribution in [3.63, 3.8) is 0 Å². The van der Waals surface area contributed by atoms with Crippen LogP contribution >= 0.6 is 27.5 Å². The second-order valence-corrected chi connectivity index (χ2v) is 4.92. The number of carboxylic acids is 1. The molecule has 0 saturated carbocycles. The predicted octanol–water partition coefficient (Wildman–Crippen LogP) is 3.57. The van der Waals surface area contributed by atoms with Gasteiger partial charge in [-0.3, -0.25) is 0 Å². The van der Waals surface area contributed by atoms with E-state index in [4.69, 9.17) is 16.7 Å². The molecule has 4 nitrogen and oxygen atoms in total. The van der Waals surface area contributed by atoms with Crippen molar-refractivity contribution in [3.05, 3.63) is 45.1 Å². The van der Waals surface area contributed by atoms with E-state index in [0.717, 1.165) is 15.6 Å². The Labute approximate surface area is 117 Å². The largest absolute Gasteiger partial charge is 0.476 e. The number of aromatic carboxylic acids is 1. The lowest BCUT2D eigenvalue weighted by Gasteiger charge is -2.05. The highest BCUT2D eigenvalue weighted by atomic mass is 79.9. The number of hydrogen-bond donors (Lipinski definition) is 1. The molecule has 0 bridgehead atoms. The van der Waals surface area contributed by atoms with Crippen LogP contribution in [-0.2, 0) is 0 Å². The van der Waals surface area contributed by atoms with Gasteiger partial charge in [0.15, 0.2) is 11.5 Å². The molecule has 0 aliphatic rings. The van der Waals surface area contributed by atoms with E-state index in [9.17, 15) is 4.79 Å². The fourth-order valence-electron chi connectivity index (χ4n) is 1.39. The van der Waals surface area contributed by atoms with Crippen molar-refractivity contribution in [2.24, 2.45) is 0 Å². The van der Waals surface area contributed by atoms with Gasteiger partial charge in [0.25, 0.3) is 0 Å². The van der Waals surface area contributed by atoms with Crippen LogP contribution in [-0.4, -0.2) is 21.0 Å². The Morgan fingerprint density at radius 1 is 1.44 bits per heavy atom. The molecule has 2 rings (SSSR count). The van der Waals surface area contributed by atoms with Gasteiger partial charge < -0.3 is 5.11 Å². The van der Waals surface area contributed by atoms with E-state index in [1.54, 1.807) is 0 Å². The van der Waals surface area contributed by atoms with Gasteiger partial charge in [-0.25, -0.2) is 14.8 Å². The maximum atomic E-state index is 10.9. The average molecular weight is 328 g/mol. The molecule has 1 aromatic heterocycles. The van der Waals surface area contributed by atoms with Gasteiger partial charge in [0.2, 0.25) is 0 Å². The van der Waals surface area contributed by atoms with Crippen LogP contribution in [0.3, 0.4) is 0 Å². The molecule has 1 aromatic carbocycles. The highest BCUT2D eigenvalue weighted by Gasteiger charge is 2.13. The Kier molecular flexibility index (Phi) is 3.63. The molecule has 0 atom stereocenters. The second-order valence-electron chi connectivity index (χ2n) is 3.66. The topological polar surface area (TPSA) is 63.1 Å². The molecule has 0 amide bonds. The smallest absolute Gasteiger partial charge is 0.356 e. The van der Waals surface area contributed by atoms with Crippen molar-refractivity contribution in [2.45, 2.75) is 6.92 Å². The summed E-state index contributed by atoms with van der Waals surface area (Å²) in [6, 6.07) is 5.57. The van der Waals surface area contributed by atoms with E-state index >= 15 is 0 Å². The van der Waals surface area contributed by atoms with Crippen LogP contribution in [0.2, 0.25) is 5.02 Å². The predicted molar refractivity (Wildman–Crippen MR) is 71.9 cm³/mol. The Bertz CT molecular complexity index is 631. The van der Waals surface area contributed by atoms with E-state index in [-0.39, 0.29) is 10.7 Å². The third kappa shape index (κ3) is 2.52. The number of rotatable bonds is 2. The first-order chi connectivity index (χ1) is 8.49. The summed E-state index contributed by atoms with van der Waals surface area (Å²) in [6.07, 6.45) is 1.29. The number of aryl methyl sites for hydroxylation is 1. The average Bonchev–Trinajstić information content (AvgIpc) is 2.33. The van der Waals surface area contributed by atoms with Crippen LogP contribution in [0, 0.1) is 6.92 Å². The van der Waals surface area contributed by atoms with Gasteiger partial charge in [-0.1, -0.05) is 39.7 Å². The zero-order chi connectivity index (χ0) is 13.3. The van der Waals surface area contributed by atoms with Crippen LogP contribution in [0.1, 0.15) is 16.1 Å². The summed E-state index contributed by atoms with van der Waals surface area (Å²) in [4.78, 5) is 18.9. The minimum absolute atomic E-state index is 0.0254. The van der Waals surface area contributed by atoms with E-state index in [1.165, 1.54) is 6.20 Å². The maximum Gasteiger partial charge on any atom is 0.356 e. The monoisotopic (exact) mass is 326 g/mol. The molecule has 0 saturated heterocycles. The number of hydrogen-bond acceptors (Lipinski definition) is 3. The van der Waals surface area contributed by atoms with Gasteiger partial charge in [0.05, 0.1) is 11.2 Å². The SMILES string of the molecule is Cc1ccc(-c2ncc(Cl)c(C(=O)O)n2)cc1Br. The summed E-state index contributed by atoms with van der Waals surface area (Å²) in [7, 11) is 0. The molecule has 0 radical (unpaired) electrons. The van der Waals surface area contributed by atoms with Crippen molar-refractivity contribution < 1.29 is 9.90 Å². The van der Waals surface area contributed by atoms with Crippen LogP contribution < -0.4 is 0 Å². The van der Waals surface area contributed by atoms with Gasteiger partial charge in [0, 0.05) is 10.0 Å². The molecule has 1 N–H and O–H groups in total. The summed E-state index contributed by atoms with van der Waals surface area (Å²) in [5.74, 6) is -0.840. The molecule has 6 heteroatoms. The summed E-state index contributed by atoms with van der Waals surface area (Å²) in [5.41, 5.74) is 1.61. The Balaban J connectivity index is 2.54. The minimum Gasteiger partial charge on any atom is -0.476 e. The summed E-state index contributed by atoms with van der Waals surface area (Å²) >= 11 is 9.13. The first-order valence-corrected chi connectivity index (χ1v) is 6.18. The molecule has 0 fully saturated rings. The third-order valence-corrected chi connectivity index (χ3v) is 3.51. The zero-order valence-corrected chi connectivity index (χ0v) is 11.7. The van der Waals surface area contributed by atoms with Gasteiger partial charge in [-0.2, -0.15) is 0 Å². The second kappa shape index (κ2) is 5.04. The van der Waals surface area contributed by atoms with E-state index in [0.29, 0.717) is 5.82 Å². The Morgan fingerprint density at radius 3 is 2.78 bits per heavy atom. The van der Waals surface area contributed by atoms with Crippen molar-refractivity contribution in [1.82, 2.24) is 9.97 Å². The fourth-order valence-corrected chi connectivity index (χ4v) is 1.94. The molecule has 18 heavy (non-hydrogen) atoms. The molecule has 1 heterocycles. The minimum atomic E-state index is -1.17. The highest BCUT2D eigenvalue weighted by Crippen LogP contribution is 2.24. The number of aromatic nitrogens is 2. The maximum absolute atomic E-state index is 10.9. The Hall–Kier alpha value is -1.46. The van der Waals surface area contributed by atoms with Crippen LogP contribution in [0.5, 0.6) is 0 Å². The molecular weight excluding hydrogens is 320 g/mol. The quantitative estimate of drug-likeness (QED) is 0.916. The number of halogens is 2. The summed E-state index contributed by atoms with van der Waals surface area (Å²) < 4.78 is 0.912. The van der Waals surface area contributed by atoms with Crippen molar-refractivity contribution in [1.29, 1.82) is 0 Å². The van der Waals surface area contributed by atoms with Crippen molar-refractivity contribution >= 4 is 33.5 Å². The third-order valence-electron chi connectivity index (χ3n) is 2.38. The van der Waals surface area contributed by atoms with E-state index < -0.39 is 5.97 Å². The number of benzene rings is 1. The lowest BCUT2D eigenvalue weighted by molar-refractivity contribution is 0.0690. The first kappa shape index (κ1) is 13.0. The van der Waals surface area contributed by atoms with Gasteiger partial charge in [-0.15, -0.1) is 0 Å². The molecule has 92 valence electrons. The van der Waals surface area contributed by atoms with Crippen LogP contribution in [0.25, 0.3) is 11.4 Å². The number of carbonyl (C=O) groups is 1. The highest BCUT2D eigenvalue weighted by molar-refractivity contribution is 9.10. The fraction of sp³-hybridized carbons (Fsp3) is 0.0833. The molecule has 0 unspecified atom stereocenters. The summed E-state index contributed by atoms with van der Waals surface area (Å²) in [6.45, 7) is 1.96. The van der Waals surface area contributed by atoms with Gasteiger partial charge >= 0.3 is 5.97 Å². The zero-order valence-electron chi connectivity index (χ0n) is 9.32. The Morgan fingerprint density at radius 2 is 2.17 bits per heavy atom. The summed E-state index contributed by atoms with van der Waals surface area (Å²) in [5, 5.41) is 8.98. The van der Waals surface area contributed by atoms with E-state index in [1.807, 2.05) is 25.1 Å². The van der Waals surface area contributed by atoms with Crippen molar-refractivity contribution in [2.75, 3.05) is 0 Å². The molecule has 0 spiro atoms. The molecule has 2 aromatic rings. The van der Waals surface area contributed by atoms with Gasteiger partial charge in [0.1, 0.15) is 0 Å². The lowest BCUT2D eigenvalue weighted by Crippen LogP contribution is -2.04. The first-order valence-electron chi connectivity index (χ1n) is 5.01. The molecule has 0 aliphatic carbocycles. The lowest BCUT2D eigenvalue weighted by atomic mass is 10.1. The van der Waals surface area contributed by atoms with Crippen LogP contribution in [0.15, 0.2) is 28.9 Å². The van der Waals surface area contributed by atoms with Crippen LogP contribution in [0.4, 0.5) is 0 Å². The number of nitrogens with zero attached hydrogens (tertiary/aromatic N) is 2. The normalized spacial score (nSPS) is 10.4. The van der Waals surface area contributed by atoms with Gasteiger partial charge in [-0.05, 0) is 18.6 Å². The van der Waals surface area contributed by atoms with Crippen molar-refractivity contribution in [3.8, 4) is 11.4 Å². The number of carboxylic acid groups (broad SMARTS) is 1. The molecule has 0 aliphatic heterocycles. The standard InChI is InChI=1S/C12H8BrClN2O2/c1-6-2-3-7(4-8(6)13)11-15-5-9(14)10(16-11)12(17)18/h2-5H,1H3,(H,17,18). The molecular formula is C12H8BrClN2O2. The van der Waals surface area contributed by atoms with E-state index in [2.05, 4.69) is 25.9 Å².